The van der Waals surface area contributed by atoms with Crippen molar-refractivity contribution in [2.75, 3.05) is 6.54 Å². The third-order valence-electron chi connectivity index (χ3n) is 3.80. The van der Waals surface area contributed by atoms with E-state index in [0.29, 0.717) is 19.4 Å². The van der Waals surface area contributed by atoms with Crippen LogP contribution in [0.3, 0.4) is 0 Å². The van der Waals surface area contributed by atoms with E-state index >= 15 is 0 Å². The van der Waals surface area contributed by atoms with Crippen molar-refractivity contribution in [2.24, 2.45) is 0 Å². The molecule has 3 rings (SSSR count). The number of nitrogens with zero attached hydrogens (tertiary/aromatic N) is 1. The Morgan fingerprint density at radius 1 is 0.800 bits per heavy atom. The van der Waals surface area contributed by atoms with Crippen molar-refractivity contribution in [3.8, 4) is 0 Å². The molecule has 0 unspecified atom stereocenters. The molecule has 0 spiro atoms. The molecule has 0 radical (unpaired) electrons. The van der Waals surface area contributed by atoms with Crippen LogP contribution in [0.2, 0.25) is 0 Å². The van der Waals surface area contributed by atoms with Crippen LogP contribution >= 0.6 is 0 Å². The highest BCUT2D eigenvalue weighted by Gasteiger charge is 2.44. The maximum absolute atomic E-state index is 14.1. The van der Waals surface area contributed by atoms with Crippen molar-refractivity contribution >= 4 is 0 Å². The Morgan fingerprint density at radius 3 is 1.65 bits per heavy atom. The summed E-state index contributed by atoms with van der Waals surface area (Å²) in [4.78, 5) is 2.22. The predicted octanol–water partition coefficient (Wildman–Crippen LogP) is 4.19. The van der Waals surface area contributed by atoms with Gasteiger partial charge >= 0.3 is 0 Å². The minimum absolute atomic E-state index is 0.538. The number of alkyl halides is 1. The zero-order valence-corrected chi connectivity index (χ0v) is 11.6. The SMILES string of the molecule is FC1(CN(Cc2ccccc2)Cc2ccccc2)CC1. The Morgan fingerprint density at radius 2 is 1.25 bits per heavy atom. The summed E-state index contributed by atoms with van der Waals surface area (Å²) in [6, 6.07) is 20.6. The lowest BCUT2D eigenvalue weighted by atomic mass is 10.1. The van der Waals surface area contributed by atoms with Crippen LogP contribution in [-0.4, -0.2) is 17.1 Å². The van der Waals surface area contributed by atoms with E-state index in [4.69, 9.17) is 0 Å². The molecule has 2 aromatic rings. The first kappa shape index (κ1) is 13.3. The predicted molar refractivity (Wildman–Crippen MR) is 80.1 cm³/mol. The Kier molecular flexibility index (Phi) is 3.83. The lowest BCUT2D eigenvalue weighted by molar-refractivity contribution is 0.163. The summed E-state index contributed by atoms with van der Waals surface area (Å²) in [6.45, 7) is 2.15. The molecular weight excluding hydrogens is 249 g/mol. The molecule has 2 aromatic carbocycles. The second-order valence-corrected chi connectivity index (χ2v) is 5.77. The van der Waals surface area contributed by atoms with Gasteiger partial charge in [-0.25, -0.2) is 4.39 Å². The van der Waals surface area contributed by atoms with Crippen LogP contribution in [0, 0.1) is 0 Å². The molecule has 0 heterocycles. The fourth-order valence-electron chi connectivity index (χ4n) is 2.55. The van der Waals surface area contributed by atoms with Gasteiger partial charge in [-0.3, -0.25) is 4.90 Å². The summed E-state index contributed by atoms with van der Waals surface area (Å²) < 4.78 is 14.1. The van der Waals surface area contributed by atoms with Crippen LogP contribution in [-0.2, 0) is 13.1 Å². The third-order valence-corrected chi connectivity index (χ3v) is 3.80. The van der Waals surface area contributed by atoms with E-state index in [1.54, 1.807) is 0 Å². The van der Waals surface area contributed by atoms with Gasteiger partial charge in [0.15, 0.2) is 0 Å². The van der Waals surface area contributed by atoms with Crippen LogP contribution in [0.1, 0.15) is 24.0 Å². The van der Waals surface area contributed by atoms with Gasteiger partial charge in [0.2, 0.25) is 0 Å². The van der Waals surface area contributed by atoms with Crippen LogP contribution in [0.25, 0.3) is 0 Å². The van der Waals surface area contributed by atoms with E-state index in [9.17, 15) is 4.39 Å². The van der Waals surface area contributed by atoms with Crippen molar-refractivity contribution in [3.63, 3.8) is 0 Å². The van der Waals surface area contributed by atoms with Gasteiger partial charge in [0.05, 0.1) is 0 Å². The van der Waals surface area contributed by atoms with Crippen LogP contribution < -0.4 is 0 Å². The average Bonchev–Trinajstić information content (AvgIpc) is 3.18. The Labute approximate surface area is 120 Å². The maximum Gasteiger partial charge on any atom is 0.123 e. The molecule has 0 bridgehead atoms. The van der Waals surface area contributed by atoms with Gasteiger partial charge in [0.1, 0.15) is 5.67 Å². The summed E-state index contributed by atoms with van der Waals surface area (Å²) in [6.07, 6.45) is 1.43. The topological polar surface area (TPSA) is 3.24 Å². The fraction of sp³-hybridized carbons (Fsp3) is 0.333. The molecule has 0 atom stereocenters. The Bertz CT molecular complexity index is 492. The molecule has 2 heteroatoms. The van der Waals surface area contributed by atoms with E-state index in [0.717, 1.165) is 13.1 Å². The minimum atomic E-state index is -0.941. The molecule has 1 aliphatic rings. The summed E-state index contributed by atoms with van der Waals surface area (Å²) >= 11 is 0. The monoisotopic (exact) mass is 269 g/mol. The van der Waals surface area contributed by atoms with Gasteiger partial charge in [0, 0.05) is 19.6 Å². The molecule has 1 nitrogen and oxygen atoms in total. The van der Waals surface area contributed by atoms with E-state index < -0.39 is 5.67 Å². The molecule has 1 saturated carbocycles. The first-order valence-electron chi connectivity index (χ1n) is 7.23. The van der Waals surface area contributed by atoms with Crippen LogP contribution in [0.4, 0.5) is 4.39 Å². The molecule has 0 aliphatic heterocycles. The molecule has 0 amide bonds. The second-order valence-electron chi connectivity index (χ2n) is 5.77. The summed E-state index contributed by atoms with van der Waals surface area (Å²) in [5, 5.41) is 0. The molecule has 0 saturated heterocycles. The standard InChI is InChI=1S/C18H20FN/c19-18(11-12-18)15-20(13-16-7-3-1-4-8-16)14-17-9-5-2-6-10-17/h1-10H,11-15H2. The van der Waals surface area contributed by atoms with E-state index in [1.807, 2.05) is 36.4 Å². The summed E-state index contributed by atoms with van der Waals surface area (Å²) in [5.41, 5.74) is 1.55. The Balaban J connectivity index is 1.70. The van der Waals surface area contributed by atoms with Gasteiger partial charge in [0.25, 0.3) is 0 Å². The molecular formula is C18H20FN. The second kappa shape index (κ2) is 5.76. The third kappa shape index (κ3) is 3.67. The van der Waals surface area contributed by atoms with Gasteiger partial charge < -0.3 is 0 Å². The van der Waals surface area contributed by atoms with Crippen molar-refractivity contribution in [2.45, 2.75) is 31.6 Å². The van der Waals surface area contributed by atoms with E-state index in [1.165, 1.54) is 11.1 Å². The van der Waals surface area contributed by atoms with E-state index in [2.05, 4.69) is 29.2 Å². The number of hydrogen-bond acceptors (Lipinski definition) is 1. The van der Waals surface area contributed by atoms with Crippen LogP contribution in [0.15, 0.2) is 60.7 Å². The highest BCUT2D eigenvalue weighted by molar-refractivity contribution is 5.17. The highest BCUT2D eigenvalue weighted by atomic mass is 19.1. The van der Waals surface area contributed by atoms with Crippen molar-refractivity contribution in [3.05, 3.63) is 71.8 Å². The van der Waals surface area contributed by atoms with Crippen molar-refractivity contribution < 1.29 is 4.39 Å². The highest BCUT2D eigenvalue weighted by Crippen LogP contribution is 2.40. The number of benzene rings is 2. The van der Waals surface area contributed by atoms with Gasteiger partial charge in [-0.05, 0) is 24.0 Å². The fourth-order valence-corrected chi connectivity index (χ4v) is 2.55. The smallest absolute Gasteiger partial charge is 0.123 e. The molecule has 0 aromatic heterocycles. The first-order chi connectivity index (χ1) is 9.73. The lowest BCUT2D eigenvalue weighted by Gasteiger charge is -2.24. The molecule has 0 N–H and O–H groups in total. The lowest BCUT2D eigenvalue weighted by Crippen LogP contribution is -2.30. The molecule has 20 heavy (non-hydrogen) atoms. The molecule has 1 aliphatic carbocycles. The Hall–Kier alpha value is -1.67. The zero-order valence-electron chi connectivity index (χ0n) is 11.6. The van der Waals surface area contributed by atoms with Gasteiger partial charge in [-0.2, -0.15) is 0 Å². The summed E-state index contributed by atoms with van der Waals surface area (Å²) in [5.74, 6) is 0. The molecule has 1 fully saturated rings. The van der Waals surface area contributed by atoms with Crippen LogP contribution in [0.5, 0.6) is 0 Å². The largest absolute Gasteiger partial charge is 0.292 e. The first-order valence-corrected chi connectivity index (χ1v) is 7.23. The van der Waals surface area contributed by atoms with Gasteiger partial charge in [-0.15, -0.1) is 0 Å². The minimum Gasteiger partial charge on any atom is -0.292 e. The summed E-state index contributed by atoms with van der Waals surface area (Å²) in [7, 11) is 0. The van der Waals surface area contributed by atoms with Crippen molar-refractivity contribution in [1.29, 1.82) is 0 Å². The quantitative estimate of drug-likeness (QED) is 0.760. The molecule has 104 valence electrons. The van der Waals surface area contributed by atoms with E-state index in [-0.39, 0.29) is 0 Å². The zero-order chi connectivity index (χ0) is 13.8. The maximum atomic E-state index is 14.1. The number of hydrogen-bond donors (Lipinski definition) is 0. The van der Waals surface area contributed by atoms with Gasteiger partial charge in [-0.1, -0.05) is 60.7 Å². The van der Waals surface area contributed by atoms with Crippen molar-refractivity contribution in [1.82, 2.24) is 4.90 Å². The number of halogens is 1. The normalized spacial score (nSPS) is 16.3. The number of rotatable bonds is 6. The average molecular weight is 269 g/mol.